The summed E-state index contributed by atoms with van der Waals surface area (Å²) in [6.07, 6.45) is 0. The zero-order valence-corrected chi connectivity index (χ0v) is 12.5. The van der Waals surface area contributed by atoms with E-state index < -0.39 is 23.0 Å². The summed E-state index contributed by atoms with van der Waals surface area (Å²) in [4.78, 5) is 23.4. The van der Waals surface area contributed by atoms with Gasteiger partial charge in [-0.15, -0.1) is 0 Å². The zero-order chi connectivity index (χ0) is 15.8. The van der Waals surface area contributed by atoms with Crippen LogP contribution in [0.1, 0.15) is 27.7 Å². The molecule has 0 atom stereocenters. The Labute approximate surface area is 118 Å². The second-order valence-electron chi connectivity index (χ2n) is 5.17. The lowest BCUT2D eigenvalue weighted by Crippen LogP contribution is -2.36. The minimum absolute atomic E-state index is 0.111. The molecule has 8 nitrogen and oxygen atoms in total. The van der Waals surface area contributed by atoms with Crippen molar-refractivity contribution in [2.75, 3.05) is 26.3 Å². The highest BCUT2D eigenvalue weighted by molar-refractivity contribution is 5.81. The van der Waals surface area contributed by atoms with E-state index in [0.717, 1.165) is 0 Å². The van der Waals surface area contributed by atoms with Crippen LogP contribution in [0.5, 0.6) is 0 Å². The predicted octanol–water partition coefficient (Wildman–Crippen LogP) is -0.000400. The predicted molar refractivity (Wildman–Crippen MR) is 73.0 cm³/mol. The van der Waals surface area contributed by atoms with Crippen molar-refractivity contribution >= 4 is 11.9 Å². The third kappa shape index (κ3) is 6.07. The van der Waals surface area contributed by atoms with Gasteiger partial charge in [-0.1, -0.05) is 0 Å². The minimum Gasteiger partial charge on any atom is -0.463 e. The Morgan fingerprint density at radius 1 is 0.850 bits per heavy atom. The second-order valence-corrected chi connectivity index (χ2v) is 5.17. The summed E-state index contributed by atoms with van der Waals surface area (Å²) in [6.45, 7) is 6.84. The van der Waals surface area contributed by atoms with E-state index in [4.69, 9.17) is 20.9 Å². The highest BCUT2D eigenvalue weighted by Crippen LogP contribution is 2.18. The average Bonchev–Trinajstić information content (AvgIpc) is 2.39. The van der Waals surface area contributed by atoms with Crippen LogP contribution in [0, 0.1) is 0 Å². The fourth-order valence-electron chi connectivity index (χ4n) is 0.988. The summed E-state index contributed by atoms with van der Waals surface area (Å²) in [5, 5.41) is 7.77. The summed E-state index contributed by atoms with van der Waals surface area (Å²) < 4.78 is 9.79. The molecule has 0 saturated heterocycles. The molecule has 0 aliphatic carbocycles. The van der Waals surface area contributed by atoms with Gasteiger partial charge in [-0.2, -0.15) is 10.2 Å². The third-order valence-electron chi connectivity index (χ3n) is 2.25. The van der Waals surface area contributed by atoms with Gasteiger partial charge in [0, 0.05) is 13.1 Å². The highest BCUT2D eigenvalue weighted by atomic mass is 16.5. The quantitative estimate of drug-likeness (QED) is 0.477. The summed E-state index contributed by atoms with van der Waals surface area (Å²) in [6, 6.07) is 0. The summed E-state index contributed by atoms with van der Waals surface area (Å²) in [5.41, 5.74) is 8.11. The van der Waals surface area contributed by atoms with Crippen LogP contribution < -0.4 is 11.5 Å². The van der Waals surface area contributed by atoms with E-state index in [2.05, 4.69) is 10.2 Å². The number of nitrogens with zero attached hydrogens (tertiary/aromatic N) is 2. The summed E-state index contributed by atoms with van der Waals surface area (Å²) in [7, 11) is 0. The van der Waals surface area contributed by atoms with Gasteiger partial charge in [0.05, 0.1) is 0 Å². The SMILES string of the molecule is CC(C)(N=NC(C)(C)C(=O)OCCN)C(=O)OCCN. The van der Waals surface area contributed by atoms with Crippen LogP contribution in [0.15, 0.2) is 10.2 Å². The Morgan fingerprint density at radius 2 is 1.15 bits per heavy atom. The molecule has 0 fully saturated rings. The van der Waals surface area contributed by atoms with Crippen molar-refractivity contribution in [2.45, 2.75) is 38.8 Å². The van der Waals surface area contributed by atoms with E-state index in [-0.39, 0.29) is 26.3 Å². The number of nitrogens with two attached hydrogens (primary N) is 2. The monoisotopic (exact) mass is 288 g/mol. The lowest BCUT2D eigenvalue weighted by atomic mass is 10.1. The normalized spacial score (nSPS) is 12.5. The lowest BCUT2D eigenvalue weighted by Gasteiger charge is -2.20. The average molecular weight is 288 g/mol. The Balaban J connectivity index is 4.72. The van der Waals surface area contributed by atoms with Crippen LogP contribution in [0.25, 0.3) is 0 Å². The molecule has 0 aromatic heterocycles. The van der Waals surface area contributed by atoms with Crippen molar-refractivity contribution in [3.05, 3.63) is 0 Å². The number of azo groups is 1. The molecule has 0 aromatic carbocycles. The molecule has 116 valence electrons. The van der Waals surface area contributed by atoms with Crippen LogP contribution in [-0.4, -0.2) is 49.3 Å². The van der Waals surface area contributed by atoms with Gasteiger partial charge in [0.2, 0.25) is 0 Å². The maximum absolute atomic E-state index is 11.7. The molecule has 20 heavy (non-hydrogen) atoms. The van der Waals surface area contributed by atoms with Gasteiger partial charge in [0.15, 0.2) is 11.1 Å². The molecule has 0 spiro atoms. The first-order chi connectivity index (χ1) is 9.17. The van der Waals surface area contributed by atoms with E-state index in [1.165, 1.54) is 27.7 Å². The molecule has 0 rings (SSSR count). The number of hydrogen-bond donors (Lipinski definition) is 2. The van der Waals surface area contributed by atoms with Crippen LogP contribution in [0.3, 0.4) is 0 Å². The molecular formula is C12H24N4O4. The number of hydrogen-bond acceptors (Lipinski definition) is 8. The van der Waals surface area contributed by atoms with Crippen molar-refractivity contribution < 1.29 is 19.1 Å². The fourth-order valence-corrected chi connectivity index (χ4v) is 0.988. The molecule has 0 unspecified atom stereocenters. The highest BCUT2D eigenvalue weighted by Gasteiger charge is 2.34. The number of esters is 2. The van der Waals surface area contributed by atoms with Gasteiger partial charge in [0.1, 0.15) is 13.2 Å². The topological polar surface area (TPSA) is 129 Å². The maximum Gasteiger partial charge on any atom is 0.335 e. The fraction of sp³-hybridized carbons (Fsp3) is 0.833. The van der Waals surface area contributed by atoms with Crippen LogP contribution in [-0.2, 0) is 19.1 Å². The van der Waals surface area contributed by atoms with Crippen LogP contribution >= 0.6 is 0 Å². The number of ether oxygens (including phenoxy) is 2. The molecule has 0 aliphatic heterocycles. The van der Waals surface area contributed by atoms with E-state index in [1.54, 1.807) is 0 Å². The molecule has 0 bridgehead atoms. The van der Waals surface area contributed by atoms with Gasteiger partial charge in [0.25, 0.3) is 0 Å². The molecular weight excluding hydrogens is 264 g/mol. The molecule has 0 radical (unpaired) electrons. The molecule has 0 aliphatic rings. The van der Waals surface area contributed by atoms with Gasteiger partial charge >= 0.3 is 11.9 Å². The first kappa shape index (κ1) is 18.5. The first-order valence-electron chi connectivity index (χ1n) is 6.36. The molecule has 0 heterocycles. The molecule has 4 N–H and O–H groups in total. The molecule has 0 aromatic rings. The zero-order valence-electron chi connectivity index (χ0n) is 12.5. The minimum atomic E-state index is -1.19. The van der Waals surface area contributed by atoms with Crippen molar-refractivity contribution in [1.29, 1.82) is 0 Å². The Kier molecular flexibility index (Phi) is 7.30. The van der Waals surface area contributed by atoms with Crippen LogP contribution in [0.2, 0.25) is 0 Å². The van der Waals surface area contributed by atoms with Gasteiger partial charge in [-0.3, -0.25) is 0 Å². The Bertz CT molecular complexity index is 332. The van der Waals surface area contributed by atoms with E-state index in [0.29, 0.717) is 0 Å². The molecule has 8 heteroatoms. The number of carbonyl (C=O) groups is 2. The van der Waals surface area contributed by atoms with Gasteiger partial charge < -0.3 is 20.9 Å². The van der Waals surface area contributed by atoms with Gasteiger partial charge in [-0.25, -0.2) is 9.59 Å². The lowest BCUT2D eigenvalue weighted by molar-refractivity contribution is -0.150. The maximum atomic E-state index is 11.7. The van der Waals surface area contributed by atoms with E-state index >= 15 is 0 Å². The van der Waals surface area contributed by atoms with E-state index in [1.807, 2.05) is 0 Å². The van der Waals surface area contributed by atoms with Crippen molar-refractivity contribution in [3.63, 3.8) is 0 Å². The Hall–Kier alpha value is -1.54. The molecule has 0 saturated carbocycles. The number of rotatable bonds is 8. The largest absolute Gasteiger partial charge is 0.463 e. The Morgan fingerprint density at radius 3 is 1.40 bits per heavy atom. The smallest absolute Gasteiger partial charge is 0.335 e. The van der Waals surface area contributed by atoms with Crippen molar-refractivity contribution in [1.82, 2.24) is 0 Å². The van der Waals surface area contributed by atoms with Crippen molar-refractivity contribution in [3.8, 4) is 0 Å². The summed E-state index contributed by atoms with van der Waals surface area (Å²) >= 11 is 0. The second kappa shape index (κ2) is 7.91. The third-order valence-corrected chi connectivity index (χ3v) is 2.25. The summed E-state index contributed by atoms with van der Waals surface area (Å²) in [5.74, 6) is -1.12. The standard InChI is InChI=1S/C12H24N4O4/c1-11(2,9(17)19-7-5-13)15-16-12(3,4)10(18)20-8-6-14/h5-8,13-14H2,1-4H3. The van der Waals surface area contributed by atoms with E-state index in [9.17, 15) is 9.59 Å². The first-order valence-corrected chi connectivity index (χ1v) is 6.36. The van der Waals surface area contributed by atoms with Crippen LogP contribution in [0.4, 0.5) is 0 Å². The number of carbonyl (C=O) groups excluding carboxylic acids is 2. The van der Waals surface area contributed by atoms with Gasteiger partial charge in [-0.05, 0) is 27.7 Å². The molecule has 0 amide bonds. The van der Waals surface area contributed by atoms with Crippen molar-refractivity contribution in [2.24, 2.45) is 21.7 Å².